The standard InChI is InChI=1S/C24H26F3N7O4/c1-16-12-31(8-9-33(16)19-3-5-20(6-4-19)38-24(25,26)27)21-7-2-17(11-29-21)10-28-18-13-32-14-22(34(35)36)30-23(32)37-15-18/h2-7,11,14,16,18,28H,8-10,12-13,15H2,1H3/t16?,18-/m0/s1. The van der Waals surface area contributed by atoms with Crippen molar-refractivity contribution in [2.75, 3.05) is 36.0 Å². The topological polar surface area (TPSA) is 111 Å². The van der Waals surface area contributed by atoms with Crippen molar-refractivity contribution >= 4 is 17.3 Å². The molecule has 2 aliphatic rings. The number of nitro groups is 1. The average Bonchev–Trinajstić information content (AvgIpc) is 3.31. The van der Waals surface area contributed by atoms with E-state index >= 15 is 0 Å². The summed E-state index contributed by atoms with van der Waals surface area (Å²) < 4.78 is 48.4. The summed E-state index contributed by atoms with van der Waals surface area (Å²) in [4.78, 5) is 23.2. The van der Waals surface area contributed by atoms with Gasteiger partial charge in [-0.05, 0) is 47.7 Å². The summed E-state index contributed by atoms with van der Waals surface area (Å²) in [6.45, 7) is 5.63. The highest BCUT2D eigenvalue weighted by atomic mass is 19.4. The molecule has 0 amide bonds. The number of benzene rings is 1. The molecule has 3 aromatic rings. The van der Waals surface area contributed by atoms with E-state index in [4.69, 9.17) is 4.74 Å². The first-order valence-electron chi connectivity index (χ1n) is 12.0. The number of piperazine rings is 1. The predicted octanol–water partition coefficient (Wildman–Crippen LogP) is 3.35. The number of hydrogen-bond donors (Lipinski definition) is 1. The average molecular weight is 534 g/mol. The Balaban J connectivity index is 1.12. The Labute approximate surface area is 215 Å². The van der Waals surface area contributed by atoms with E-state index in [2.05, 4.69) is 36.7 Å². The van der Waals surface area contributed by atoms with Gasteiger partial charge in [0.15, 0.2) is 0 Å². The summed E-state index contributed by atoms with van der Waals surface area (Å²) >= 11 is 0. The highest BCUT2D eigenvalue weighted by molar-refractivity contribution is 5.52. The lowest BCUT2D eigenvalue weighted by Crippen LogP contribution is -2.52. The van der Waals surface area contributed by atoms with Gasteiger partial charge in [0.25, 0.3) is 0 Å². The van der Waals surface area contributed by atoms with Crippen LogP contribution < -0.4 is 24.6 Å². The molecular weight excluding hydrogens is 507 g/mol. The lowest BCUT2D eigenvalue weighted by molar-refractivity contribution is -0.389. The Bertz CT molecular complexity index is 1270. The Hall–Kier alpha value is -4.07. The minimum absolute atomic E-state index is 0.0287. The first-order valence-corrected chi connectivity index (χ1v) is 12.0. The monoisotopic (exact) mass is 533 g/mol. The van der Waals surface area contributed by atoms with Crippen LogP contribution >= 0.6 is 0 Å². The number of nitrogens with one attached hydrogen (secondary N) is 1. The van der Waals surface area contributed by atoms with Crippen LogP contribution in [-0.4, -0.2) is 64.1 Å². The second kappa shape index (κ2) is 10.4. The van der Waals surface area contributed by atoms with Crippen LogP contribution in [0.4, 0.5) is 30.5 Å². The highest BCUT2D eigenvalue weighted by Crippen LogP contribution is 2.28. The molecule has 4 heterocycles. The van der Waals surface area contributed by atoms with Gasteiger partial charge >= 0.3 is 18.2 Å². The van der Waals surface area contributed by atoms with Gasteiger partial charge in [0.2, 0.25) is 0 Å². The molecule has 5 rings (SSSR count). The molecule has 1 N–H and O–H groups in total. The first-order chi connectivity index (χ1) is 18.1. The van der Waals surface area contributed by atoms with Crippen LogP contribution in [0.5, 0.6) is 11.8 Å². The van der Waals surface area contributed by atoms with Gasteiger partial charge in [-0.1, -0.05) is 6.07 Å². The summed E-state index contributed by atoms with van der Waals surface area (Å²) in [5, 5.41) is 14.3. The number of rotatable bonds is 7. The molecule has 0 bridgehead atoms. The molecule has 202 valence electrons. The van der Waals surface area contributed by atoms with Crippen molar-refractivity contribution in [3.05, 3.63) is 64.5 Å². The largest absolute Gasteiger partial charge is 0.573 e. The summed E-state index contributed by atoms with van der Waals surface area (Å²) in [7, 11) is 0. The molecule has 1 unspecified atom stereocenters. The number of ether oxygens (including phenoxy) is 2. The second-order valence-corrected chi connectivity index (χ2v) is 9.23. The van der Waals surface area contributed by atoms with Crippen molar-refractivity contribution < 1.29 is 27.6 Å². The van der Waals surface area contributed by atoms with Crippen LogP contribution in [0, 0.1) is 10.1 Å². The molecule has 0 aliphatic carbocycles. The Kier molecular flexibility index (Phi) is 6.97. The summed E-state index contributed by atoms with van der Waals surface area (Å²) in [5.41, 5.74) is 1.83. The third-order valence-corrected chi connectivity index (χ3v) is 6.50. The predicted molar refractivity (Wildman–Crippen MR) is 131 cm³/mol. The van der Waals surface area contributed by atoms with Crippen LogP contribution in [0.15, 0.2) is 48.8 Å². The van der Waals surface area contributed by atoms with Crippen molar-refractivity contribution in [2.24, 2.45) is 0 Å². The first kappa shape index (κ1) is 25.6. The maximum Gasteiger partial charge on any atom is 0.573 e. The van der Waals surface area contributed by atoms with Gasteiger partial charge in [0.05, 0.1) is 6.04 Å². The zero-order chi connectivity index (χ0) is 26.9. The normalized spacial score (nSPS) is 19.6. The van der Waals surface area contributed by atoms with Gasteiger partial charge in [0, 0.05) is 55.6 Å². The zero-order valence-electron chi connectivity index (χ0n) is 20.5. The lowest BCUT2D eigenvalue weighted by atomic mass is 10.1. The Morgan fingerprint density at radius 1 is 1.18 bits per heavy atom. The Morgan fingerprint density at radius 2 is 1.97 bits per heavy atom. The van der Waals surface area contributed by atoms with E-state index in [1.54, 1.807) is 16.7 Å². The number of fused-ring (bicyclic) bond motifs is 1. The lowest BCUT2D eigenvalue weighted by Gasteiger charge is -2.41. The number of pyridine rings is 1. The quantitative estimate of drug-likeness (QED) is 0.361. The van der Waals surface area contributed by atoms with Gasteiger partial charge in [-0.3, -0.25) is 4.57 Å². The molecule has 0 radical (unpaired) electrons. The number of alkyl halides is 3. The third kappa shape index (κ3) is 5.90. The molecular formula is C24H26F3N7O4. The van der Waals surface area contributed by atoms with Crippen LogP contribution in [0.1, 0.15) is 12.5 Å². The highest BCUT2D eigenvalue weighted by Gasteiger charge is 2.31. The van der Waals surface area contributed by atoms with Crippen LogP contribution in [0.25, 0.3) is 0 Å². The van der Waals surface area contributed by atoms with Crippen LogP contribution in [-0.2, 0) is 13.1 Å². The van der Waals surface area contributed by atoms with Crippen molar-refractivity contribution in [2.45, 2.75) is 38.5 Å². The summed E-state index contributed by atoms with van der Waals surface area (Å²) in [5.74, 6) is 0.382. The van der Waals surface area contributed by atoms with E-state index in [9.17, 15) is 23.3 Å². The number of imidazole rings is 1. The molecule has 2 aromatic heterocycles. The molecule has 2 aliphatic heterocycles. The fraction of sp³-hybridized carbons (Fsp3) is 0.417. The SMILES string of the molecule is CC1CN(c2ccc(CN[C@@H]3COc4nc([N+](=O)[O-])cn4C3)cn2)CCN1c1ccc(OC(F)(F)F)cc1. The number of hydrogen-bond acceptors (Lipinski definition) is 9. The van der Waals surface area contributed by atoms with E-state index in [1.165, 1.54) is 18.3 Å². The maximum absolute atomic E-state index is 12.4. The van der Waals surface area contributed by atoms with Gasteiger partial charge in [-0.2, -0.15) is 0 Å². The fourth-order valence-electron chi connectivity index (χ4n) is 4.67. The van der Waals surface area contributed by atoms with Crippen molar-refractivity contribution in [1.29, 1.82) is 0 Å². The van der Waals surface area contributed by atoms with Crippen molar-refractivity contribution in [1.82, 2.24) is 19.9 Å². The van der Waals surface area contributed by atoms with Crippen LogP contribution in [0.3, 0.4) is 0 Å². The van der Waals surface area contributed by atoms with Gasteiger partial charge in [-0.15, -0.1) is 13.2 Å². The van der Waals surface area contributed by atoms with E-state index in [1.807, 2.05) is 18.3 Å². The molecule has 1 fully saturated rings. The number of nitrogens with zero attached hydrogens (tertiary/aromatic N) is 6. The summed E-state index contributed by atoms with van der Waals surface area (Å²) in [6, 6.07) is 10.2. The molecule has 2 atom stereocenters. The number of halogens is 3. The molecule has 14 heteroatoms. The fourth-order valence-corrected chi connectivity index (χ4v) is 4.67. The second-order valence-electron chi connectivity index (χ2n) is 9.23. The molecule has 0 spiro atoms. The molecule has 0 saturated carbocycles. The van der Waals surface area contributed by atoms with Gasteiger partial charge in [-0.25, -0.2) is 4.98 Å². The molecule has 1 saturated heterocycles. The van der Waals surface area contributed by atoms with Crippen LogP contribution in [0.2, 0.25) is 0 Å². The maximum atomic E-state index is 12.4. The van der Waals surface area contributed by atoms with E-state index in [0.717, 1.165) is 17.1 Å². The zero-order valence-corrected chi connectivity index (χ0v) is 20.5. The third-order valence-electron chi connectivity index (χ3n) is 6.50. The number of anilines is 2. The smallest absolute Gasteiger partial charge is 0.444 e. The van der Waals surface area contributed by atoms with Crippen molar-refractivity contribution in [3.63, 3.8) is 0 Å². The van der Waals surface area contributed by atoms with E-state index in [0.29, 0.717) is 39.3 Å². The number of aromatic nitrogens is 3. The molecule has 11 nitrogen and oxygen atoms in total. The minimum Gasteiger partial charge on any atom is -0.444 e. The van der Waals surface area contributed by atoms with Crippen molar-refractivity contribution in [3.8, 4) is 11.8 Å². The minimum atomic E-state index is -4.71. The Morgan fingerprint density at radius 3 is 2.63 bits per heavy atom. The van der Waals surface area contributed by atoms with E-state index in [-0.39, 0.29) is 29.7 Å². The molecule has 38 heavy (non-hydrogen) atoms. The van der Waals surface area contributed by atoms with E-state index < -0.39 is 11.3 Å². The molecule has 1 aromatic carbocycles. The van der Waals surface area contributed by atoms with Gasteiger partial charge < -0.3 is 34.7 Å². The summed E-state index contributed by atoms with van der Waals surface area (Å²) in [6.07, 6.45) is -1.52. The van der Waals surface area contributed by atoms with Gasteiger partial charge in [0.1, 0.15) is 24.4 Å².